The van der Waals surface area contributed by atoms with Crippen molar-refractivity contribution in [3.63, 3.8) is 0 Å². The molecule has 0 saturated heterocycles. The monoisotopic (exact) mass is 389 g/mol. The number of nitro groups is 1. The molecule has 10 heteroatoms. The molecule has 0 atom stereocenters. The summed E-state index contributed by atoms with van der Waals surface area (Å²) in [5.74, 6) is 0.857. The number of aryl methyl sites for hydroxylation is 1. The summed E-state index contributed by atoms with van der Waals surface area (Å²) in [7, 11) is 1.81. The maximum Gasteiger partial charge on any atom is 0.271 e. The fourth-order valence-corrected chi connectivity index (χ4v) is 2.25. The number of nitro benzene ring substituents is 1. The van der Waals surface area contributed by atoms with Crippen molar-refractivity contribution >= 4 is 44.8 Å². The van der Waals surface area contributed by atoms with Crippen LogP contribution < -0.4 is 10.6 Å². The van der Waals surface area contributed by atoms with E-state index in [2.05, 4.69) is 41.6 Å². The van der Waals surface area contributed by atoms with E-state index in [1.54, 1.807) is 35.4 Å². The molecule has 3 aromatic rings. The Morgan fingerprint density at radius 1 is 1.25 bits per heavy atom. The zero-order valence-electron chi connectivity index (χ0n) is 12.5. The highest BCUT2D eigenvalue weighted by Crippen LogP contribution is 2.26. The first-order valence-electron chi connectivity index (χ1n) is 6.81. The molecule has 0 bridgehead atoms. The van der Waals surface area contributed by atoms with Gasteiger partial charge < -0.3 is 10.6 Å². The summed E-state index contributed by atoms with van der Waals surface area (Å²) in [6, 6.07) is 6.18. The predicted molar refractivity (Wildman–Crippen MR) is 92.6 cm³/mol. The van der Waals surface area contributed by atoms with E-state index in [1.165, 1.54) is 12.1 Å². The molecule has 0 saturated carbocycles. The largest absolute Gasteiger partial charge is 0.339 e. The van der Waals surface area contributed by atoms with Crippen molar-refractivity contribution in [2.24, 2.45) is 7.05 Å². The number of rotatable bonds is 5. The molecule has 0 radical (unpaired) electrons. The number of nitrogens with zero attached hydrogens (tertiary/aromatic N) is 5. The van der Waals surface area contributed by atoms with Gasteiger partial charge in [-0.2, -0.15) is 10.1 Å². The lowest BCUT2D eigenvalue weighted by Crippen LogP contribution is -2.01. The number of benzene rings is 1. The van der Waals surface area contributed by atoms with E-state index in [4.69, 9.17) is 0 Å². The van der Waals surface area contributed by atoms with Crippen LogP contribution in [0.15, 0.2) is 47.3 Å². The van der Waals surface area contributed by atoms with E-state index < -0.39 is 4.92 Å². The van der Waals surface area contributed by atoms with Crippen LogP contribution in [0.1, 0.15) is 0 Å². The Bertz CT molecular complexity index is 896. The molecular weight excluding hydrogens is 378 g/mol. The smallest absolute Gasteiger partial charge is 0.271 e. The van der Waals surface area contributed by atoms with Crippen LogP contribution in [0.4, 0.5) is 28.8 Å². The molecule has 2 heterocycles. The van der Waals surface area contributed by atoms with Crippen LogP contribution in [0.2, 0.25) is 0 Å². The lowest BCUT2D eigenvalue weighted by molar-refractivity contribution is -0.384. The van der Waals surface area contributed by atoms with Crippen molar-refractivity contribution in [2.75, 3.05) is 10.6 Å². The molecule has 24 heavy (non-hydrogen) atoms. The van der Waals surface area contributed by atoms with Crippen molar-refractivity contribution in [1.82, 2.24) is 19.7 Å². The number of aromatic nitrogens is 4. The highest BCUT2D eigenvalue weighted by molar-refractivity contribution is 9.10. The zero-order chi connectivity index (χ0) is 17.1. The minimum Gasteiger partial charge on any atom is -0.339 e. The molecule has 2 N–H and O–H groups in total. The quantitative estimate of drug-likeness (QED) is 0.508. The second-order valence-electron chi connectivity index (χ2n) is 4.85. The second kappa shape index (κ2) is 6.62. The van der Waals surface area contributed by atoms with Gasteiger partial charge in [0.25, 0.3) is 5.69 Å². The summed E-state index contributed by atoms with van der Waals surface area (Å²) >= 11 is 3.36. The average Bonchev–Trinajstić information content (AvgIpc) is 2.96. The number of hydrogen-bond acceptors (Lipinski definition) is 7. The van der Waals surface area contributed by atoms with Crippen LogP contribution in [-0.4, -0.2) is 24.7 Å². The van der Waals surface area contributed by atoms with Crippen LogP contribution in [-0.2, 0) is 7.05 Å². The first-order valence-corrected chi connectivity index (χ1v) is 7.60. The molecular formula is C14H12BrN7O2. The average molecular weight is 390 g/mol. The molecule has 0 aliphatic rings. The number of hydrogen-bond donors (Lipinski definition) is 2. The second-order valence-corrected chi connectivity index (χ2v) is 5.70. The van der Waals surface area contributed by atoms with Gasteiger partial charge in [0, 0.05) is 37.3 Å². The Labute approximate surface area is 145 Å². The minimum absolute atomic E-state index is 0.00103. The number of non-ortho nitro benzene ring substituents is 1. The molecule has 122 valence electrons. The van der Waals surface area contributed by atoms with Crippen LogP contribution in [0.3, 0.4) is 0 Å². The van der Waals surface area contributed by atoms with Gasteiger partial charge in [-0.05, 0) is 22.0 Å². The Balaban J connectivity index is 1.83. The van der Waals surface area contributed by atoms with Crippen molar-refractivity contribution < 1.29 is 4.92 Å². The van der Waals surface area contributed by atoms with Crippen LogP contribution in [0.5, 0.6) is 0 Å². The summed E-state index contributed by atoms with van der Waals surface area (Å²) in [6.07, 6.45) is 5.03. The molecule has 1 aromatic carbocycles. The third-order valence-electron chi connectivity index (χ3n) is 3.02. The maximum absolute atomic E-state index is 10.9. The standard InChI is InChI=1S/C14H12BrN7O2/c1-21-8-10(6-17-21)19-14-16-7-12(15)13(20-14)18-9-3-2-4-11(5-9)22(23)24/h2-8H,1H3,(H2,16,18,19,20). The van der Waals surface area contributed by atoms with Crippen LogP contribution >= 0.6 is 15.9 Å². The summed E-state index contributed by atoms with van der Waals surface area (Å²) in [5, 5.41) is 21.0. The highest BCUT2D eigenvalue weighted by atomic mass is 79.9. The number of nitrogens with one attached hydrogen (secondary N) is 2. The Morgan fingerprint density at radius 2 is 2.08 bits per heavy atom. The van der Waals surface area contributed by atoms with Gasteiger partial charge in [-0.25, -0.2) is 4.98 Å². The predicted octanol–water partition coefficient (Wildman–Crippen LogP) is 3.37. The molecule has 0 amide bonds. The van der Waals surface area contributed by atoms with Crippen LogP contribution in [0.25, 0.3) is 0 Å². The van der Waals surface area contributed by atoms with Crippen molar-refractivity contribution in [3.05, 3.63) is 57.4 Å². The Hall–Kier alpha value is -3.01. The van der Waals surface area contributed by atoms with Gasteiger partial charge >= 0.3 is 0 Å². The summed E-state index contributed by atoms with van der Waals surface area (Å²) < 4.78 is 2.29. The Kier molecular flexibility index (Phi) is 4.38. The fourth-order valence-electron chi connectivity index (χ4n) is 1.96. The first kappa shape index (κ1) is 15.9. The van der Waals surface area contributed by atoms with E-state index in [9.17, 15) is 10.1 Å². The molecule has 0 spiro atoms. The third kappa shape index (κ3) is 3.66. The summed E-state index contributed by atoms with van der Waals surface area (Å²) in [4.78, 5) is 18.9. The lowest BCUT2D eigenvalue weighted by atomic mass is 10.3. The first-order chi connectivity index (χ1) is 11.5. The molecule has 0 aliphatic heterocycles. The van der Waals surface area contributed by atoms with Gasteiger partial charge in [0.2, 0.25) is 5.95 Å². The Morgan fingerprint density at radius 3 is 2.79 bits per heavy atom. The highest BCUT2D eigenvalue weighted by Gasteiger charge is 2.10. The summed E-state index contributed by atoms with van der Waals surface area (Å²) in [5.41, 5.74) is 1.30. The fraction of sp³-hybridized carbons (Fsp3) is 0.0714. The van der Waals surface area contributed by atoms with E-state index in [1.807, 2.05) is 7.05 Å². The molecule has 2 aromatic heterocycles. The topological polar surface area (TPSA) is 111 Å². The van der Waals surface area contributed by atoms with Crippen LogP contribution in [0, 0.1) is 10.1 Å². The van der Waals surface area contributed by atoms with E-state index in [-0.39, 0.29) is 5.69 Å². The van der Waals surface area contributed by atoms with Crippen molar-refractivity contribution in [2.45, 2.75) is 0 Å². The normalized spacial score (nSPS) is 10.4. The zero-order valence-corrected chi connectivity index (χ0v) is 14.1. The van der Waals surface area contributed by atoms with E-state index in [0.717, 1.165) is 5.69 Å². The van der Waals surface area contributed by atoms with Gasteiger partial charge in [0.05, 0.1) is 21.3 Å². The molecule has 0 unspecified atom stereocenters. The van der Waals surface area contributed by atoms with Crippen molar-refractivity contribution in [3.8, 4) is 0 Å². The van der Waals surface area contributed by atoms with Crippen molar-refractivity contribution in [1.29, 1.82) is 0 Å². The molecule has 3 rings (SSSR count). The van der Waals surface area contributed by atoms with Gasteiger partial charge in [0.15, 0.2) is 0 Å². The number of anilines is 4. The van der Waals surface area contributed by atoms with E-state index in [0.29, 0.717) is 21.9 Å². The lowest BCUT2D eigenvalue weighted by Gasteiger charge is -2.09. The molecule has 9 nitrogen and oxygen atoms in total. The van der Waals surface area contributed by atoms with E-state index >= 15 is 0 Å². The molecule has 0 fully saturated rings. The number of halogens is 1. The summed E-state index contributed by atoms with van der Waals surface area (Å²) in [6.45, 7) is 0. The maximum atomic E-state index is 10.9. The van der Waals surface area contributed by atoms with Gasteiger partial charge in [-0.15, -0.1) is 0 Å². The molecule has 0 aliphatic carbocycles. The minimum atomic E-state index is -0.449. The third-order valence-corrected chi connectivity index (χ3v) is 3.61. The van der Waals surface area contributed by atoms with Gasteiger partial charge in [-0.1, -0.05) is 6.07 Å². The van der Waals surface area contributed by atoms with Gasteiger partial charge in [0.1, 0.15) is 5.82 Å². The van der Waals surface area contributed by atoms with Gasteiger partial charge in [-0.3, -0.25) is 14.8 Å². The SMILES string of the molecule is Cn1cc(Nc2ncc(Br)c(Nc3cccc([N+](=O)[O-])c3)n2)cn1.